The predicted octanol–water partition coefficient (Wildman–Crippen LogP) is 2.48. The number of hydrogen-bond acceptors (Lipinski definition) is 4. The van der Waals surface area contributed by atoms with Gasteiger partial charge in [-0.3, -0.25) is 4.79 Å². The van der Waals surface area contributed by atoms with Gasteiger partial charge in [0.25, 0.3) is 0 Å². The number of Topliss-reactive ketones (excluding diaryl/α,β-unsaturated/α-hetero) is 1. The minimum absolute atomic E-state index is 0.0691. The van der Waals surface area contributed by atoms with E-state index in [0.29, 0.717) is 18.0 Å². The van der Waals surface area contributed by atoms with Crippen molar-refractivity contribution >= 4 is 5.78 Å². The van der Waals surface area contributed by atoms with E-state index < -0.39 is 0 Å². The van der Waals surface area contributed by atoms with Crippen LogP contribution >= 0.6 is 0 Å². The van der Waals surface area contributed by atoms with Crippen molar-refractivity contribution in [1.82, 2.24) is 4.98 Å². The average Bonchev–Trinajstić information content (AvgIpc) is 2.77. The molecule has 1 aromatic carbocycles. The first-order valence-electron chi connectivity index (χ1n) is 5.27. The number of oxazole rings is 1. The van der Waals surface area contributed by atoms with Gasteiger partial charge in [0.15, 0.2) is 0 Å². The molecule has 1 heterocycles. The van der Waals surface area contributed by atoms with E-state index in [-0.39, 0.29) is 5.78 Å². The summed E-state index contributed by atoms with van der Waals surface area (Å²) in [6.07, 6.45) is 1.82. The molecule has 0 spiro atoms. The lowest BCUT2D eigenvalue weighted by Crippen LogP contribution is -1.95. The molecule has 4 nitrogen and oxygen atoms in total. The van der Waals surface area contributed by atoms with Gasteiger partial charge in [0.05, 0.1) is 19.2 Å². The van der Waals surface area contributed by atoms with Crippen LogP contribution in [0.25, 0.3) is 11.5 Å². The third kappa shape index (κ3) is 2.72. The van der Waals surface area contributed by atoms with Crippen LogP contribution in [0.3, 0.4) is 0 Å². The summed E-state index contributed by atoms with van der Waals surface area (Å²) < 4.78 is 10.4. The Labute approximate surface area is 99.2 Å². The lowest BCUT2D eigenvalue weighted by molar-refractivity contribution is -0.116. The second kappa shape index (κ2) is 4.82. The average molecular weight is 231 g/mol. The van der Waals surface area contributed by atoms with Gasteiger partial charge in [-0.05, 0) is 31.2 Å². The summed E-state index contributed by atoms with van der Waals surface area (Å²) in [7, 11) is 1.62. The summed E-state index contributed by atoms with van der Waals surface area (Å²) in [6, 6.07) is 7.40. The second-order valence-corrected chi connectivity index (χ2v) is 3.75. The van der Waals surface area contributed by atoms with Crippen LogP contribution in [0.2, 0.25) is 0 Å². The fraction of sp³-hybridized carbons (Fsp3) is 0.231. The highest BCUT2D eigenvalue weighted by Crippen LogP contribution is 2.21. The van der Waals surface area contributed by atoms with Gasteiger partial charge < -0.3 is 9.15 Å². The molecule has 2 aromatic rings. The third-order valence-corrected chi connectivity index (χ3v) is 2.32. The van der Waals surface area contributed by atoms with Gasteiger partial charge in [-0.25, -0.2) is 4.98 Å². The van der Waals surface area contributed by atoms with Crippen molar-refractivity contribution in [2.75, 3.05) is 7.11 Å². The molecule has 2 rings (SSSR count). The lowest BCUT2D eigenvalue weighted by Gasteiger charge is -1.99. The van der Waals surface area contributed by atoms with E-state index in [2.05, 4.69) is 4.98 Å². The number of aromatic nitrogens is 1. The third-order valence-electron chi connectivity index (χ3n) is 2.32. The minimum Gasteiger partial charge on any atom is -0.497 e. The van der Waals surface area contributed by atoms with E-state index in [9.17, 15) is 4.79 Å². The zero-order valence-corrected chi connectivity index (χ0v) is 9.77. The normalized spacial score (nSPS) is 10.2. The van der Waals surface area contributed by atoms with Crippen LogP contribution in [0.5, 0.6) is 5.75 Å². The lowest BCUT2D eigenvalue weighted by atomic mass is 10.2. The van der Waals surface area contributed by atoms with E-state index in [0.717, 1.165) is 11.3 Å². The van der Waals surface area contributed by atoms with Crippen molar-refractivity contribution in [2.45, 2.75) is 13.3 Å². The SMILES string of the molecule is COc1ccc(-c2nc(CC(C)=O)co2)cc1. The molecule has 0 aliphatic rings. The molecule has 0 unspecified atom stereocenters. The molecular formula is C13H13NO3. The number of methoxy groups -OCH3 is 1. The van der Waals surface area contributed by atoms with Crippen LogP contribution in [-0.2, 0) is 11.2 Å². The quantitative estimate of drug-likeness (QED) is 0.811. The van der Waals surface area contributed by atoms with E-state index in [4.69, 9.17) is 9.15 Å². The fourth-order valence-electron chi connectivity index (χ4n) is 1.51. The monoisotopic (exact) mass is 231 g/mol. The highest BCUT2D eigenvalue weighted by atomic mass is 16.5. The van der Waals surface area contributed by atoms with Gasteiger partial charge in [0.2, 0.25) is 5.89 Å². The maximum atomic E-state index is 10.9. The minimum atomic E-state index is 0.0691. The standard InChI is InChI=1S/C13H13NO3/c1-9(15)7-11-8-17-13(14-11)10-3-5-12(16-2)6-4-10/h3-6,8H,7H2,1-2H3. The Bertz CT molecular complexity index is 514. The smallest absolute Gasteiger partial charge is 0.226 e. The Hall–Kier alpha value is -2.10. The summed E-state index contributed by atoms with van der Waals surface area (Å²) in [5.41, 5.74) is 1.52. The van der Waals surface area contributed by atoms with E-state index in [1.54, 1.807) is 7.11 Å². The van der Waals surface area contributed by atoms with Crippen molar-refractivity contribution in [3.8, 4) is 17.2 Å². The van der Waals surface area contributed by atoms with Crippen LogP contribution in [0.15, 0.2) is 34.9 Å². The molecule has 0 N–H and O–H groups in total. The molecule has 0 saturated heterocycles. The first kappa shape index (κ1) is 11.4. The molecule has 0 fully saturated rings. The van der Waals surface area contributed by atoms with Crippen molar-refractivity contribution in [1.29, 1.82) is 0 Å². The summed E-state index contributed by atoms with van der Waals surface area (Å²) >= 11 is 0. The summed E-state index contributed by atoms with van der Waals surface area (Å²) in [4.78, 5) is 15.2. The van der Waals surface area contributed by atoms with Crippen molar-refractivity contribution in [3.63, 3.8) is 0 Å². The molecule has 17 heavy (non-hydrogen) atoms. The molecule has 0 aliphatic heterocycles. The number of carbonyl (C=O) groups excluding carboxylic acids is 1. The number of carbonyl (C=O) groups is 1. The van der Waals surface area contributed by atoms with Gasteiger partial charge >= 0.3 is 0 Å². The van der Waals surface area contributed by atoms with Gasteiger partial charge in [-0.2, -0.15) is 0 Å². The zero-order chi connectivity index (χ0) is 12.3. The van der Waals surface area contributed by atoms with Crippen LogP contribution in [-0.4, -0.2) is 17.9 Å². The van der Waals surface area contributed by atoms with Crippen molar-refractivity contribution < 1.29 is 13.9 Å². The summed E-state index contributed by atoms with van der Waals surface area (Å²) in [6.45, 7) is 1.53. The molecule has 88 valence electrons. The van der Waals surface area contributed by atoms with Gasteiger partial charge in [-0.15, -0.1) is 0 Å². The highest BCUT2D eigenvalue weighted by molar-refractivity contribution is 5.77. The molecular weight excluding hydrogens is 218 g/mol. The molecule has 1 aromatic heterocycles. The van der Waals surface area contributed by atoms with Crippen LogP contribution in [0, 0.1) is 0 Å². The Morgan fingerprint density at radius 2 is 2.06 bits per heavy atom. The Morgan fingerprint density at radius 3 is 2.65 bits per heavy atom. The summed E-state index contributed by atoms with van der Waals surface area (Å²) in [5, 5.41) is 0. The van der Waals surface area contributed by atoms with Gasteiger partial charge in [0.1, 0.15) is 17.8 Å². The maximum absolute atomic E-state index is 10.9. The van der Waals surface area contributed by atoms with Crippen LogP contribution in [0.1, 0.15) is 12.6 Å². The van der Waals surface area contributed by atoms with Crippen LogP contribution in [0.4, 0.5) is 0 Å². The first-order chi connectivity index (χ1) is 8.19. The van der Waals surface area contributed by atoms with E-state index >= 15 is 0 Å². The molecule has 0 saturated carbocycles. The Morgan fingerprint density at radius 1 is 1.35 bits per heavy atom. The molecule has 0 radical (unpaired) electrons. The fourth-order valence-corrected chi connectivity index (χ4v) is 1.51. The topological polar surface area (TPSA) is 52.3 Å². The number of rotatable bonds is 4. The molecule has 0 aliphatic carbocycles. The van der Waals surface area contributed by atoms with Crippen molar-refractivity contribution in [3.05, 3.63) is 36.2 Å². The van der Waals surface area contributed by atoms with Gasteiger partial charge in [-0.1, -0.05) is 0 Å². The molecule has 0 amide bonds. The highest BCUT2D eigenvalue weighted by Gasteiger charge is 2.08. The number of ketones is 1. The van der Waals surface area contributed by atoms with E-state index in [1.165, 1.54) is 13.2 Å². The summed E-state index contributed by atoms with van der Waals surface area (Å²) in [5.74, 6) is 1.37. The number of benzene rings is 1. The first-order valence-corrected chi connectivity index (χ1v) is 5.27. The predicted molar refractivity (Wildman–Crippen MR) is 62.9 cm³/mol. The van der Waals surface area contributed by atoms with Crippen molar-refractivity contribution in [2.24, 2.45) is 0 Å². The largest absolute Gasteiger partial charge is 0.497 e. The molecule has 0 bridgehead atoms. The number of hydrogen-bond donors (Lipinski definition) is 0. The molecule has 0 atom stereocenters. The van der Waals surface area contributed by atoms with Crippen LogP contribution < -0.4 is 4.74 Å². The zero-order valence-electron chi connectivity index (χ0n) is 9.77. The number of nitrogens with zero attached hydrogens (tertiary/aromatic N) is 1. The number of ether oxygens (including phenoxy) is 1. The second-order valence-electron chi connectivity index (χ2n) is 3.75. The molecule has 4 heteroatoms. The Kier molecular flexibility index (Phi) is 3.23. The van der Waals surface area contributed by atoms with E-state index in [1.807, 2.05) is 24.3 Å². The Balaban J connectivity index is 2.21. The maximum Gasteiger partial charge on any atom is 0.226 e. The van der Waals surface area contributed by atoms with Gasteiger partial charge in [0, 0.05) is 5.56 Å².